The minimum atomic E-state index is 0.687. The molecule has 0 bridgehead atoms. The molecule has 0 N–H and O–H groups in total. The molecule has 13 heavy (non-hydrogen) atoms. The highest BCUT2D eigenvalue weighted by molar-refractivity contribution is 4.90. The van der Waals surface area contributed by atoms with Crippen molar-refractivity contribution in [3.8, 4) is 0 Å². The fraction of sp³-hybridized carbons (Fsp3) is 0.909. The van der Waals surface area contributed by atoms with E-state index in [0.29, 0.717) is 5.92 Å². The predicted molar refractivity (Wildman–Crippen MR) is 53.4 cm³/mol. The number of hydrogen-bond acceptors (Lipinski definition) is 1. The van der Waals surface area contributed by atoms with Gasteiger partial charge in [0.05, 0.1) is 0 Å². The summed E-state index contributed by atoms with van der Waals surface area (Å²) in [5.41, 5.74) is 0. The zero-order chi connectivity index (χ0) is 9.10. The van der Waals surface area contributed by atoms with Crippen LogP contribution in [-0.2, 0) is 0 Å². The van der Waals surface area contributed by atoms with Gasteiger partial charge in [-0.05, 0) is 38.8 Å². The molecule has 0 spiro atoms. The third-order valence-electron chi connectivity index (χ3n) is 3.55. The Hall–Kier alpha value is -0.550. The highest BCUT2D eigenvalue weighted by atomic mass is 15.2. The van der Waals surface area contributed by atoms with Gasteiger partial charge < -0.3 is 4.85 Å². The van der Waals surface area contributed by atoms with Crippen LogP contribution in [0, 0.1) is 12.5 Å². The lowest BCUT2D eigenvalue weighted by atomic mass is 9.84. The number of nitrogens with zero attached hydrogens (tertiary/aromatic N) is 2. The maximum atomic E-state index is 6.95. The molecule has 0 aromatic heterocycles. The van der Waals surface area contributed by atoms with Crippen molar-refractivity contribution in [1.82, 2.24) is 4.90 Å². The summed E-state index contributed by atoms with van der Waals surface area (Å²) >= 11 is 0. The van der Waals surface area contributed by atoms with Gasteiger partial charge in [-0.25, -0.2) is 6.57 Å². The van der Waals surface area contributed by atoms with E-state index in [0.717, 1.165) is 12.6 Å². The topological polar surface area (TPSA) is 7.60 Å². The Labute approximate surface area is 80.7 Å². The summed E-state index contributed by atoms with van der Waals surface area (Å²) in [6, 6.07) is 0.761. The molecule has 2 nitrogen and oxygen atoms in total. The Morgan fingerprint density at radius 1 is 1.15 bits per heavy atom. The average molecular weight is 178 g/mol. The summed E-state index contributed by atoms with van der Waals surface area (Å²) in [6.45, 7) is 10.3. The van der Waals surface area contributed by atoms with E-state index >= 15 is 0 Å². The molecule has 0 aromatic carbocycles. The van der Waals surface area contributed by atoms with E-state index in [1.807, 2.05) is 0 Å². The van der Waals surface area contributed by atoms with Gasteiger partial charge in [0.2, 0.25) is 6.54 Å². The van der Waals surface area contributed by atoms with Gasteiger partial charge in [-0.2, -0.15) is 0 Å². The first-order chi connectivity index (χ1) is 6.42. The lowest BCUT2D eigenvalue weighted by molar-refractivity contribution is 0.0662. The zero-order valence-electron chi connectivity index (χ0n) is 8.21. The Morgan fingerprint density at radius 3 is 2.85 bits per heavy atom. The molecule has 2 atom stereocenters. The first kappa shape index (κ1) is 9.02. The summed E-state index contributed by atoms with van der Waals surface area (Å²) in [5, 5.41) is 0. The van der Waals surface area contributed by atoms with E-state index in [1.54, 1.807) is 0 Å². The van der Waals surface area contributed by atoms with Crippen molar-refractivity contribution in [2.75, 3.05) is 19.6 Å². The molecule has 2 saturated heterocycles. The SMILES string of the molecule is [C-]#[N+]CC1CCCN2CCCCC12. The highest BCUT2D eigenvalue weighted by Gasteiger charge is 2.34. The second-order valence-corrected chi connectivity index (χ2v) is 4.34. The second kappa shape index (κ2) is 4.11. The summed E-state index contributed by atoms with van der Waals surface area (Å²) < 4.78 is 0. The van der Waals surface area contributed by atoms with Gasteiger partial charge in [0.1, 0.15) is 0 Å². The summed E-state index contributed by atoms with van der Waals surface area (Å²) in [6.07, 6.45) is 6.72. The van der Waals surface area contributed by atoms with Gasteiger partial charge in [-0.3, -0.25) is 4.90 Å². The van der Waals surface area contributed by atoms with E-state index in [-0.39, 0.29) is 0 Å². The minimum Gasteiger partial charge on any atom is -0.317 e. The van der Waals surface area contributed by atoms with E-state index < -0.39 is 0 Å². The molecule has 2 fully saturated rings. The number of fused-ring (bicyclic) bond motifs is 1. The molecule has 2 aliphatic heterocycles. The van der Waals surface area contributed by atoms with E-state index in [2.05, 4.69) is 9.74 Å². The van der Waals surface area contributed by atoms with Crippen LogP contribution in [0.2, 0.25) is 0 Å². The standard InChI is InChI=1S/C11H18N2/c1-12-9-10-5-4-8-13-7-3-2-6-11(10)13/h10-11H,2-9H2. The zero-order valence-corrected chi connectivity index (χ0v) is 8.21. The van der Waals surface area contributed by atoms with Gasteiger partial charge >= 0.3 is 0 Å². The normalized spacial score (nSPS) is 35.0. The quantitative estimate of drug-likeness (QED) is 0.558. The van der Waals surface area contributed by atoms with Crippen LogP contribution in [0.4, 0.5) is 0 Å². The maximum absolute atomic E-state index is 6.95. The van der Waals surface area contributed by atoms with E-state index in [9.17, 15) is 0 Å². The first-order valence-electron chi connectivity index (χ1n) is 5.49. The Kier molecular flexibility index (Phi) is 2.85. The van der Waals surface area contributed by atoms with Gasteiger partial charge in [-0.15, -0.1) is 0 Å². The minimum absolute atomic E-state index is 0.687. The van der Waals surface area contributed by atoms with Gasteiger partial charge in [0.15, 0.2) is 0 Å². The van der Waals surface area contributed by atoms with Crippen molar-refractivity contribution in [2.45, 2.75) is 38.1 Å². The van der Waals surface area contributed by atoms with Crippen molar-refractivity contribution in [2.24, 2.45) is 5.92 Å². The third kappa shape index (κ3) is 1.86. The number of rotatable bonds is 1. The molecule has 0 aromatic rings. The van der Waals surface area contributed by atoms with Crippen molar-refractivity contribution in [3.05, 3.63) is 11.4 Å². The van der Waals surface area contributed by atoms with Gasteiger partial charge in [0, 0.05) is 12.0 Å². The molecular formula is C11H18N2. The Balaban J connectivity index is 1.99. The Morgan fingerprint density at radius 2 is 2.00 bits per heavy atom. The molecule has 0 amide bonds. The molecule has 2 aliphatic rings. The largest absolute Gasteiger partial charge is 0.317 e. The summed E-state index contributed by atoms with van der Waals surface area (Å²) in [4.78, 5) is 6.20. The van der Waals surface area contributed by atoms with Crippen LogP contribution in [0.15, 0.2) is 0 Å². The first-order valence-corrected chi connectivity index (χ1v) is 5.49. The van der Waals surface area contributed by atoms with Crippen molar-refractivity contribution >= 4 is 0 Å². The fourth-order valence-corrected chi connectivity index (χ4v) is 2.91. The summed E-state index contributed by atoms with van der Waals surface area (Å²) in [7, 11) is 0. The van der Waals surface area contributed by atoms with Crippen LogP contribution in [0.3, 0.4) is 0 Å². The van der Waals surface area contributed by atoms with Crippen LogP contribution in [0.1, 0.15) is 32.1 Å². The second-order valence-electron chi connectivity index (χ2n) is 4.34. The lowest BCUT2D eigenvalue weighted by Gasteiger charge is -2.42. The molecular weight excluding hydrogens is 160 g/mol. The fourth-order valence-electron chi connectivity index (χ4n) is 2.91. The molecule has 0 radical (unpaired) electrons. The molecule has 2 heterocycles. The van der Waals surface area contributed by atoms with Crippen LogP contribution >= 0.6 is 0 Å². The third-order valence-corrected chi connectivity index (χ3v) is 3.55. The van der Waals surface area contributed by atoms with Crippen LogP contribution in [-0.4, -0.2) is 30.6 Å². The lowest BCUT2D eigenvalue weighted by Crippen LogP contribution is -2.48. The van der Waals surface area contributed by atoms with Gasteiger partial charge in [-0.1, -0.05) is 6.42 Å². The molecule has 72 valence electrons. The number of hydrogen-bond donors (Lipinski definition) is 0. The van der Waals surface area contributed by atoms with E-state index in [1.165, 1.54) is 45.2 Å². The van der Waals surface area contributed by atoms with Crippen LogP contribution in [0.25, 0.3) is 4.85 Å². The average Bonchev–Trinajstić information content (AvgIpc) is 2.19. The molecule has 0 saturated carbocycles. The maximum Gasteiger partial charge on any atom is 0.218 e. The van der Waals surface area contributed by atoms with Crippen molar-refractivity contribution in [1.29, 1.82) is 0 Å². The smallest absolute Gasteiger partial charge is 0.218 e. The van der Waals surface area contributed by atoms with Crippen molar-refractivity contribution in [3.63, 3.8) is 0 Å². The van der Waals surface area contributed by atoms with Gasteiger partial charge in [0.25, 0.3) is 0 Å². The van der Waals surface area contributed by atoms with Crippen LogP contribution < -0.4 is 0 Å². The Bertz CT molecular complexity index is 205. The molecule has 2 rings (SSSR count). The summed E-state index contributed by atoms with van der Waals surface area (Å²) in [5.74, 6) is 0.687. The molecule has 2 unspecified atom stereocenters. The molecule has 2 heteroatoms. The monoisotopic (exact) mass is 178 g/mol. The van der Waals surface area contributed by atoms with E-state index in [4.69, 9.17) is 6.57 Å². The van der Waals surface area contributed by atoms with Crippen molar-refractivity contribution < 1.29 is 0 Å². The predicted octanol–water partition coefficient (Wildman–Crippen LogP) is 2.17. The molecule has 0 aliphatic carbocycles. The highest BCUT2D eigenvalue weighted by Crippen LogP contribution is 2.30. The van der Waals surface area contributed by atoms with Crippen LogP contribution in [0.5, 0.6) is 0 Å². The number of piperidine rings is 2.